The molecule has 0 unspecified atom stereocenters. The molecule has 1 heterocycles. The highest BCUT2D eigenvalue weighted by Crippen LogP contribution is 2.09. The number of halogens is 1. The number of hydrogen-bond acceptors (Lipinski definition) is 3. The molecule has 92 valence electrons. The SMILES string of the molecule is Cc1ccnc(NC(=O)Nc2cccc(F)c2)n1. The highest BCUT2D eigenvalue weighted by Gasteiger charge is 2.05. The molecule has 2 amide bonds. The Balaban J connectivity index is 2.01. The Morgan fingerprint density at radius 1 is 1.28 bits per heavy atom. The van der Waals surface area contributed by atoms with E-state index in [-0.39, 0.29) is 5.95 Å². The summed E-state index contributed by atoms with van der Waals surface area (Å²) in [6, 6.07) is 6.80. The fourth-order valence-corrected chi connectivity index (χ4v) is 1.34. The lowest BCUT2D eigenvalue weighted by molar-refractivity contribution is 0.262. The van der Waals surface area contributed by atoms with Crippen molar-refractivity contribution >= 4 is 17.7 Å². The van der Waals surface area contributed by atoms with E-state index in [2.05, 4.69) is 20.6 Å². The lowest BCUT2D eigenvalue weighted by Crippen LogP contribution is -2.21. The third-order valence-corrected chi connectivity index (χ3v) is 2.10. The Labute approximate surface area is 103 Å². The van der Waals surface area contributed by atoms with E-state index in [0.29, 0.717) is 5.69 Å². The molecular weight excluding hydrogens is 235 g/mol. The van der Waals surface area contributed by atoms with Gasteiger partial charge in [0, 0.05) is 17.6 Å². The number of carbonyl (C=O) groups excluding carboxylic acids is 1. The second-order valence-corrected chi connectivity index (χ2v) is 3.61. The quantitative estimate of drug-likeness (QED) is 0.855. The molecule has 0 spiro atoms. The van der Waals surface area contributed by atoms with E-state index in [4.69, 9.17) is 0 Å². The van der Waals surface area contributed by atoms with E-state index < -0.39 is 11.8 Å². The molecule has 2 rings (SSSR count). The van der Waals surface area contributed by atoms with E-state index in [9.17, 15) is 9.18 Å². The van der Waals surface area contributed by atoms with Crippen LogP contribution in [0.15, 0.2) is 36.5 Å². The van der Waals surface area contributed by atoms with E-state index in [0.717, 1.165) is 5.69 Å². The van der Waals surface area contributed by atoms with Crippen molar-refractivity contribution in [3.63, 3.8) is 0 Å². The second-order valence-electron chi connectivity index (χ2n) is 3.61. The average molecular weight is 246 g/mol. The Morgan fingerprint density at radius 3 is 2.83 bits per heavy atom. The average Bonchev–Trinajstić information content (AvgIpc) is 2.28. The molecule has 0 bridgehead atoms. The number of hydrogen-bond donors (Lipinski definition) is 2. The van der Waals surface area contributed by atoms with Crippen molar-refractivity contribution in [1.29, 1.82) is 0 Å². The van der Waals surface area contributed by atoms with Crippen LogP contribution in [-0.4, -0.2) is 16.0 Å². The molecule has 0 atom stereocenters. The van der Waals surface area contributed by atoms with Gasteiger partial charge in [0.1, 0.15) is 5.82 Å². The van der Waals surface area contributed by atoms with Crippen LogP contribution in [0.4, 0.5) is 20.8 Å². The van der Waals surface area contributed by atoms with Gasteiger partial charge in [0.2, 0.25) is 5.95 Å². The number of aromatic nitrogens is 2. The van der Waals surface area contributed by atoms with Crippen molar-refractivity contribution in [2.75, 3.05) is 10.6 Å². The van der Waals surface area contributed by atoms with Crippen LogP contribution in [0.5, 0.6) is 0 Å². The van der Waals surface area contributed by atoms with Gasteiger partial charge in [0.15, 0.2) is 0 Å². The van der Waals surface area contributed by atoms with Crippen LogP contribution >= 0.6 is 0 Å². The van der Waals surface area contributed by atoms with Crippen molar-refractivity contribution in [2.24, 2.45) is 0 Å². The van der Waals surface area contributed by atoms with Gasteiger partial charge in [0.25, 0.3) is 0 Å². The summed E-state index contributed by atoms with van der Waals surface area (Å²) in [5.74, 6) is -0.219. The van der Waals surface area contributed by atoms with Gasteiger partial charge in [-0.25, -0.2) is 19.2 Å². The Hall–Kier alpha value is -2.50. The zero-order valence-electron chi connectivity index (χ0n) is 9.64. The number of nitrogens with one attached hydrogen (secondary N) is 2. The van der Waals surface area contributed by atoms with Crippen LogP contribution in [0, 0.1) is 12.7 Å². The largest absolute Gasteiger partial charge is 0.326 e. The molecule has 18 heavy (non-hydrogen) atoms. The normalized spacial score (nSPS) is 9.89. The van der Waals surface area contributed by atoms with Crippen molar-refractivity contribution in [1.82, 2.24) is 9.97 Å². The molecule has 0 aliphatic heterocycles. The lowest BCUT2D eigenvalue weighted by Gasteiger charge is -2.06. The summed E-state index contributed by atoms with van der Waals surface area (Å²) in [7, 11) is 0. The number of aryl methyl sites for hydroxylation is 1. The third kappa shape index (κ3) is 3.24. The Bertz CT molecular complexity index is 524. The number of anilines is 2. The van der Waals surface area contributed by atoms with Gasteiger partial charge in [-0.1, -0.05) is 6.07 Å². The predicted molar refractivity (Wildman–Crippen MR) is 65.8 cm³/mol. The molecule has 0 saturated heterocycles. The highest BCUT2D eigenvalue weighted by atomic mass is 19.1. The van der Waals surface area contributed by atoms with Gasteiger partial charge < -0.3 is 5.32 Å². The summed E-state index contributed by atoms with van der Waals surface area (Å²) in [4.78, 5) is 19.5. The van der Waals surface area contributed by atoms with Crippen molar-refractivity contribution in [3.05, 3.63) is 48.0 Å². The summed E-state index contributed by atoms with van der Waals surface area (Å²) < 4.78 is 12.9. The maximum Gasteiger partial charge on any atom is 0.326 e. The lowest BCUT2D eigenvalue weighted by atomic mass is 10.3. The third-order valence-electron chi connectivity index (χ3n) is 2.10. The fourth-order valence-electron chi connectivity index (χ4n) is 1.34. The van der Waals surface area contributed by atoms with Crippen molar-refractivity contribution in [2.45, 2.75) is 6.92 Å². The summed E-state index contributed by atoms with van der Waals surface area (Å²) in [5.41, 5.74) is 1.10. The number of amides is 2. The molecule has 0 aliphatic carbocycles. The van der Waals surface area contributed by atoms with Gasteiger partial charge in [-0.2, -0.15) is 0 Å². The Morgan fingerprint density at radius 2 is 2.11 bits per heavy atom. The first kappa shape index (κ1) is 12.0. The first-order valence-corrected chi connectivity index (χ1v) is 5.27. The van der Waals surface area contributed by atoms with E-state index >= 15 is 0 Å². The topological polar surface area (TPSA) is 66.9 Å². The van der Waals surface area contributed by atoms with E-state index in [1.54, 1.807) is 25.3 Å². The van der Waals surface area contributed by atoms with E-state index in [1.165, 1.54) is 18.2 Å². The first-order valence-electron chi connectivity index (χ1n) is 5.27. The predicted octanol–water partition coefficient (Wildman–Crippen LogP) is 2.57. The minimum Gasteiger partial charge on any atom is -0.308 e. The van der Waals surface area contributed by atoms with E-state index in [1.807, 2.05) is 0 Å². The van der Waals surface area contributed by atoms with Crippen LogP contribution in [0.25, 0.3) is 0 Å². The van der Waals surface area contributed by atoms with Crippen LogP contribution in [0.2, 0.25) is 0 Å². The first-order chi connectivity index (χ1) is 8.63. The fraction of sp³-hybridized carbons (Fsp3) is 0.0833. The molecule has 0 saturated carbocycles. The van der Waals surface area contributed by atoms with Crippen molar-refractivity contribution < 1.29 is 9.18 Å². The molecule has 0 radical (unpaired) electrons. The zero-order chi connectivity index (χ0) is 13.0. The van der Waals surface area contributed by atoms with Gasteiger partial charge in [-0.15, -0.1) is 0 Å². The molecule has 1 aromatic heterocycles. The summed E-state index contributed by atoms with van der Waals surface area (Å²) in [5, 5.41) is 4.94. The minimum atomic E-state index is -0.522. The van der Waals surface area contributed by atoms with Crippen LogP contribution in [0.3, 0.4) is 0 Å². The smallest absolute Gasteiger partial charge is 0.308 e. The highest BCUT2D eigenvalue weighted by molar-refractivity contribution is 5.98. The summed E-state index contributed by atoms with van der Waals surface area (Å²) >= 11 is 0. The molecule has 2 N–H and O–H groups in total. The van der Waals surface area contributed by atoms with Crippen molar-refractivity contribution in [3.8, 4) is 0 Å². The number of rotatable bonds is 2. The maximum atomic E-state index is 12.9. The monoisotopic (exact) mass is 246 g/mol. The molecule has 0 aliphatic rings. The minimum absolute atomic E-state index is 0.198. The number of urea groups is 1. The van der Waals surface area contributed by atoms with Gasteiger partial charge in [0.05, 0.1) is 0 Å². The van der Waals surface area contributed by atoms with Gasteiger partial charge in [-0.05, 0) is 31.2 Å². The molecule has 2 aromatic rings. The van der Waals surface area contributed by atoms with Gasteiger partial charge >= 0.3 is 6.03 Å². The molecule has 1 aromatic carbocycles. The van der Waals surface area contributed by atoms with Crippen LogP contribution in [0.1, 0.15) is 5.69 Å². The number of nitrogens with zero attached hydrogens (tertiary/aromatic N) is 2. The molecule has 5 nitrogen and oxygen atoms in total. The Kier molecular flexibility index (Phi) is 3.47. The number of carbonyl (C=O) groups is 1. The zero-order valence-corrected chi connectivity index (χ0v) is 9.64. The van der Waals surface area contributed by atoms with Crippen LogP contribution in [-0.2, 0) is 0 Å². The maximum absolute atomic E-state index is 12.9. The summed E-state index contributed by atoms with van der Waals surface area (Å²) in [6.45, 7) is 1.79. The summed E-state index contributed by atoms with van der Waals surface area (Å²) in [6.07, 6.45) is 1.54. The number of benzene rings is 1. The molecular formula is C12H11FN4O. The van der Waals surface area contributed by atoms with Gasteiger partial charge in [-0.3, -0.25) is 5.32 Å². The second kappa shape index (κ2) is 5.22. The molecule has 0 fully saturated rings. The molecule has 6 heteroatoms. The van der Waals surface area contributed by atoms with Crippen LogP contribution < -0.4 is 10.6 Å². The standard InChI is InChI=1S/C12H11FN4O/c1-8-5-6-14-11(15-8)17-12(18)16-10-4-2-3-9(13)7-10/h2-7H,1H3,(H2,14,15,16,17,18).